The van der Waals surface area contributed by atoms with E-state index in [0.29, 0.717) is 12.3 Å². The van der Waals surface area contributed by atoms with Crippen LogP contribution in [0.3, 0.4) is 0 Å². The van der Waals surface area contributed by atoms with E-state index in [4.69, 9.17) is 0 Å². The van der Waals surface area contributed by atoms with E-state index < -0.39 is 5.54 Å². The number of amides is 1. The summed E-state index contributed by atoms with van der Waals surface area (Å²) in [4.78, 5) is 12.1. The van der Waals surface area contributed by atoms with Crippen LogP contribution < -0.4 is 5.32 Å². The Kier molecular flexibility index (Phi) is 3.66. The number of carbonyl (C=O) groups excluding carboxylic acids is 1. The van der Waals surface area contributed by atoms with Crippen LogP contribution in [0.15, 0.2) is 0 Å². The average Bonchev–Trinajstić information content (AvgIpc) is 2.90. The molecule has 2 saturated carbocycles. The van der Waals surface area contributed by atoms with Crippen molar-refractivity contribution in [1.29, 1.82) is 5.26 Å². The molecule has 0 radical (unpaired) electrons. The molecular weight excluding hydrogens is 224 g/mol. The number of nitriles is 1. The molecule has 18 heavy (non-hydrogen) atoms. The van der Waals surface area contributed by atoms with E-state index in [0.717, 1.165) is 11.8 Å². The Morgan fingerprint density at radius 3 is 2.61 bits per heavy atom. The maximum Gasteiger partial charge on any atom is 0.221 e. The van der Waals surface area contributed by atoms with Crippen molar-refractivity contribution in [3.63, 3.8) is 0 Å². The van der Waals surface area contributed by atoms with Gasteiger partial charge in [-0.3, -0.25) is 4.79 Å². The standard InChI is InChI=1S/C15H24N2O/c1-10(2)15(3,9-16)17-14(18)8-13-7-11-4-5-12(13)6-11/h10-13H,4-8H2,1-3H3,(H,17,18)/t11-,12-,13+,15-/m0/s1. The first kappa shape index (κ1) is 13.4. The number of hydrogen-bond donors (Lipinski definition) is 1. The maximum atomic E-state index is 12.1. The molecule has 3 nitrogen and oxygen atoms in total. The van der Waals surface area contributed by atoms with E-state index in [-0.39, 0.29) is 11.8 Å². The van der Waals surface area contributed by atoms with Crippen LogP contribution in [-0.2, 0) is 4.79 Å². The highest BCUT2D eigenvalue weighted by Gasteiger charge is 2.41. The summed E-state index contributed by atoms with van der Waals surface area (Å²) in [6.07, 6.45) is 5.85. The highest BCUT2D eigenvalue weighted by Crippen LogP contribution is 2.49. The van der Waals surface area contributed by atoms with Crippen LogP contribution in [0.4, 0.5) is 0 Å². The van der Waals surface area contributed by atoms with Crippen LogP contribution in [0.1, 0.15) is 52.9 Å². The van der Waals surface area contributed by atoms with E-state index in [2.05, 4.69) is 11.4 Å². The van der Waals surface area contributed by atoms with Crippen molar-refractivity contribution in [2.24, 2.45) is 23.7 Å². The van der Waals surface area contributed by atoms with Crippen LogP contribution in [0.5, 0.6) is 0 Å². The van der Waals surface area contributed by atoms with Crippen molar-refractivity contribution >= 4 is 5.91 Å². The van der Waals surface area contributed by atoms with E-state index in [1.54, 1.807) is 0 Å². The third-order valence-electron chi connectivity index (χ3n) is 5.12. The van der Waals surface area contributed by atoms with Crippen LogP contribution >= 0.6 is 0 Å². The molecule has 0 spiro atoms. The number of fused-ring (bicyclic) bond motifs is 2. The summed E-state index contributed by atoms with van der Waals surface area (Å²) in [7, 11) is 0. The van der Waals surface area contributed by atoms with Crippen molar-refractivity contribution in [2.75, 3.05) is 0 Å². The molecule has 0 aromatic rings. The molecule has 2 aliphatic carbocycles. The summed E-state index contributed by atoms with van der Waals surface area (Å²) in [6, 6.07) is 2.24. The molecule has 2 bridgehead atoms. The number of nitrogens with zero attached hydrogens (tertiary/aromatic N) is 1. The fourth-order valence-corrected chi connectivity index (χ4v) is 3.51. The Hall–Kier alpha value is -1.04. The van der Waals surface area contributed by atoms with Crippen LogP contribution in [0.25, 0.3) is 0 Å². The molecule has 3 heteroatoms. The Morgan fingerprint density at radius 1 is 1.44 bits per heavy atom. The minimum absolute atomic E-state index is 0.0605. The smallest absolute Gasteiger partial charge is 0.221 e. The van der Waals surface area contributed by atoms with Gasteiger partial charge in [0.15, 0.2) is 0 Å². The van der Waals surface area contributed by atoms with Crippen LogP contribution in [-0.4, -0.2) is 11.4 Å². The fraction of sp³-hybridized carbons (Fsp3) is 0.867. The second kappa shape index (κ2) is 4.91. The highest BCUT2D eigenvalue weighted by atomic mass is 16.1. The summed E-state index contributed by atoms with van der Waals surface area (Å²) in [5, 5.41) is 12.1. The van der Waals surface area contributed by atoms with Crippen molar-refractivity contribution in [3.8, 4) is 6.07 Å². The third kappa shape index (κ3) is 2.53. The molecular formula is C15H24N2O. The lowest BCUT2D eigenvalue weighted by Gasteiger charge is -2.29. The number of carbonyl (C=O) groups is 1. The third-order valence-corrected chi connectivity index (χ3v) is 5.12. The first-order chi connectivity index (χ1) is 8.44. The Bertz CT molecular complexity index is 371. The molecule has 1 N–H and O–H groups in total. The summed E-state index contributed by atoms with van der Waals surface area (Å²) in [5.74, 6) is 2.41. The summed E-state index contributed by atoms with van der Waals surface area (Å²) in [5.41, 5.74) is -0.727. The van der Waals surface area contributed by atoms with Crippen molar-refractivity contribution in [3.05, 3.63) is 0 Å². The van der Waals surface area contributed by atoms with Gasteiger partial charge < -0.3 is 5.32 Å². The summed E-state index contributed by atoms with van der Waals surface area (Å²) < 4.78 is 0. The van der Waals surface area contributed by atoms with Crippen molar-refractivity contribution in [1.82, 2.24) is 5.32 Å². The Labute approximate surface area is 110 Å². The van der Waals surface area contributed by atoms with Gasteiger partial charge in [0, 0.05) is 6.42 Å². The van der Waals surface area contributed by atoms with E-state index in [1.807, 2.05) is 20.8 Å². The molecule has 0 aromatic heterocycles. The SMILES string of the molecule is CC(C)[C@](C)(C#N)NC(=O)C[C@H]1C[C@H]2CC[C@H]1C2. The predicted octanol–water partition coefficient (Wildman–Crippen LogP) is 2.87. The monoisotopic (exact) mass is 248 g/mol. The first-order valence-corrected chi connectivity index (χ1v) is 7.17. The minimum atomic E-state index is -0.727. The number of nitrogens with one attached hydrogen (secondary N) is 1. The quantitative estimate of drug-likeness (QED) is 0.831. The highest BCUT2D eigenvalue weighted by molar-refractivity contribution is 5.77. The first-order valence-electron chi connectivity index (χ1n) is 7.17. The minimum Gasteiger partial charge on any atom is -0.338 e. The molecule has 0 aliphatic heterocycles. The van der Waals surface area contributed by atoms with Crippen molar-refractivity contribution in [2.45, 2.75) is 58.4 Å². The zero-order chi connectivity index (χ0) is 13.3. The van der Waals surface area contributed by atoms with Gasteiger partial charge in [0.1, 0.15) is 5.54 Å². The lowest BCUT2D eigenvalue weighted by atomic mass is 9.85. The van der Waals surface area contributed by atoms with Crippen LogP contribution in [0, 0.1) is 35.0 Å². The lowest BCUT2D eigenvalue weighted by molar-refractivity contribution is -0.124. The number of rotatable bonds is 4. The van der Waals surface area contributed by atoms with Gasteiger partial charge in [0.25, 0.3) is 0 Å². The molecule has 100 valence electrons. The normalized spacial score (nSPS) is 33.2. The van der Waals surface area contributed by atoms with Gasteiger partial charge in [-0.15, -0.1) is 0 Å². The molecule has 0 heterocycles. The molecule has 2 rings (SSSR count). The molecule has 0 aromatic carbocycles. The van der Waals surface area contributed by atoms with E-state index in [1.165, 1.54) is 25.7 Å². The molecule has 2 fully saturated rings. The molecule has 2 aliphatic rings. The second-order valence-corrected chi connectivity index (χ2v) is 6.66. The van der Waals surface area contributed by atoms with Gasteiger partial charge in [-0.1, -0.05) is 20.3 Å². The van der Waals surface area contributed by atoms with Gasteiger partial charge in [-0.2, -0.15) is 5.26 Å². The van der Waals surface area contributed by atoms with Gasteiger partial charge in [-0.05, 0) is 49.9 Å². The maximum absolute atomic E-state index is 12.1. The van der Waals surface area contributed by atoms with Gasteiger partial charge in [0.05, 0.1) is 6.07 Å². The molecule has 1 amide bonds. The zero-order valence-electron chi connectivity index (χ0n) is 11.7. The van der Waals surface area contributed by atoms with Gasteiger partial charge >= 0.3 is 0 Å². The fourth-order valence-electron chi connectivity index (χ4n) is 3.51. The molecule has 0 unspecified atom stereocenters. The second-order valence-electron chi connectivity index (χ2n) is 6.66. The Morgan fingerprint density at radius 2 is 2.17 bits per heavy atom. The zero-order valence-corrected chi connectivity index (χ0v) is 11.7. The summed E-state index contributed by atoms with van der Waals surface area (Å²) in [6.45, 7) is 5.76. The predicted molar refractivity (Wildman–Crippen MR) is 70.6 cm³/mol. The van der Waals surface area contributed by atoms with Crippen LogP contribution in [0.2, 0.25) is 0 Å². The topological polar surface area (TPSA) is 52.9 Å². The van der Waals surface area contributed by atoms with Crippen molar-refractivity contribution < 1.29 is 4.79 Å². The van der Waals surface area contributed by atoms with Gasteiger partial charge in [0.2, 0.25) is 5.91 Å². The lowest BCUT2D eigenvalue weighted by Crippen LogP contribution is -2.49. The van der Waals surface area contributed by atoms with Gasteiger partial charge in [-0.25, -0.2) is 0 Å². The number of hydrogen-bond acceptors (Lipinski definition) is 2. The summed E-state index contributed by atoms with van der Waals surface area (Å²) >= 11 is 0. The largest absolute Gasteiger partial charge is 0.338 e. The Balaban J connectivity index is 1.88. The molecule has 4 atom stereocenters. The van der Waals surface area contributed by atoms with E-state index >= 15 is 0 Å². The molecule has 0 saturated heterocycles. The van der Waals surface area contributed by atoms with E-state index in [9.17, 15) is 10.1 Å². The average molecular weight is 248 g/mol.